The summed E-state index contributed by atoms with van der Waals surface area (Å²) < 4.78 is 10.6. The van der Waals surface area contributed by atoms with Gasteiger partial charge in [0.15, 0.2) is 0 Å². The number of piperidine rings is 1. The molecule has 2 heterocycles. The van der Waals surface area contributed by atoms with Crippen LogP contribution in [0.25, 0.3) is 0 Å². The van der Waals surface area contributed by atoms with E-state index in [0.717, 1.165) is 44.7 Å². The number of rotatable bonds is 8. The summed E-state index contributed by atoms with van der Waals surface area (Å²) in [5.74, 6) is 0.918. The number of ether oxygens (including phenoxy) is 2. The van der Waals surface area contributed by atoms with Crippen LogP contribution >= 0.6 is 0 Å². The van der Waals surface area contributed by atoms with Crippen LogP contribution in [0, 0.1) is 5.92 Å². The minimum atomic E-state index is 0.805. The first-order chi connectivity index (χ1) is 9.40. The smallest absolute Gasteiger partial charge is 0.0593 e. The van der Waals surface area contributed by atoms with Crippen LogP contribution in [0.4, 0.5) is 0 Å². The van der Waals surface area contributed by atoms with E-state index in [2.05, 4.69) is 10.2 Å². The number of hydrogen-bond donors (Lipinski definition) is 1. The largest absolute Gasteiger partial charge is 0.385 e. The molecule has 4 nitrogen and oxygen atoms in total. The van der Waals surface area contributed by atoms with Gasteiger partial charge in [0.05, 0.1) is 6.61 Å². The van der Waals surface area contributed by atoms with E-state index in [1.54, 1.807) is 7.11 Å². The van der Waals surface area contributed by atoms with Crippen LogP contribution in [0.15, 0.2) is 0 Å². The molecular weight excluding hydrogens is 240 g/mol. The molecule has 0 radical (unpaired) electrons. The predicted molar refractivity (Wildman–Crippen MR) is 77.5 cm³/mol. The normalized spacial score (nSPS) is 26.1. The fraction of sp³-hybridized carbons (Fsp3) is 1.00. The lowest BCUT2D eigenvalue weighted by atomic mass is 9.88. The van der Waals surface area contributed by atoms with Gasteiger partial charge in [0, 0.05) is 32.9 Å². The molecule has 2 rings (SSSR count). The molecule has 112 valence electrons. The molecule has 0 saturated carbocycles. The van der Waals surface area contributed by atoms with Gasteiger partial charge in [-0.2, -0.15) is 0 Å². The van der Waals surface area contributed by atoms with Gasteiger partial charge < -0.3 is 19.7 Å². The molecule has 0 spiro atoms. The fourth-order valence-corrected chi connectivity index (χ4v) is 3.29. The van der Waals surface area contributed by atoms with Crippen molar-refractivity contribution in [1.29, 1.82) is 0 Å². The lowest BCUT2D eigenvalue weighted by molar-refractivity contribution is 0.0713. The number of likely N-dealkylation sites (tertiary alicyclic amines) is 1. The van der Waals surface area contributed by atoms with E-state index in [1.165, 1.54) is 45.3 Å². The Labute approximate surface area is 117 Å². The molecule has 4 heteroatoms. The molecule has 2 fully saturated rings. The minimum Gasteiger partial charge on any atom is -0.385 e. The van der Waals surface area contributed by atoms with Crippen molar-refractivity contribution in [3.63, 3.8) is 0 Å². The molecule has 19 heavy (non-hydrogen) atoms. The van der Waals surface area contributed by atoms with E-state index in [4.69, 9.17) is 9.47 Å². The molecule has 1 N–H and O–H groups in total. The molecule has 0 bridgehead atoms. The van der Waals surface area contributed by atoms with Crippen molar-refractivity contribution in [2.24, 2.45) is 5.92 Å². The van der Waals surface area contributed by atoms with E-state index in [9.17, 15) is 0 Å². The average molecular weight is 270 g/mol. The molecule has 0 aromatic heterocycles. The molecular formula is C15H30N2O2. The summed E-state index contributed by atoms with van der Waals surface area (Å²) in [5, 5.41) is 3.66. The molecule has 0 aliphatic carbocycles. The van der Waals surface area contributed by atoms with Gasteiger partial charge in [0.2, 0.25) is 0 Å². The molecule has 2 aliphatic rings. The first-order valence-corrected chi connectivity index (χ1v) is 7.92. The molecule has 0 amide bonds. The molecule has 2 aliphatic heterocycles. The quantitative estimate of drug-likeness (QED) is 0.678. The van der Waals surface area contributed by atoms with Crippen molar-refractivity contribution < 1.29 is 9.47 Å². The van der Waals surface area contributed by atoms with Crippen LogP contribution in [0.2, 0.25) is 0 Å². The van der Waals surface area contributed by atoms with Crippen molar-refractivity contribution in [1.82, 2.24) is 10.2 Å². The Bertz CT molecular complexity index is 224. The highest BCUT2D eigenvalue weighted by Crippen LogP contribution is 2.25. The monoisotopic (exact) mass is 270 g/mol. The van der Waals surface area contributed by atoms with E-state index < -0.39 is 0 Å². The van der Waals surface area contributed by atoms with Gasteiger partial charge in [-0.3, -0.25) is 0 Å². The third-order valence-electron chi connectivity index (χ3n) is 4.49. The van der Waals surface area contributed by atoms with E-state index in [1.807, 2.05) is 0 Å². The molecule has 0 aromatic rings. The highest BCUT2D eigenvalue weighted by atomic mass is 16.5. The Kier molecular flexibility index (Phi) is 7.14. The maximum absolute atomic E-state index is 5.63. The van der Waals surface area contributed by atoms with Gasteiger partial charge >= 0.3 is 0 Å². The Hall–Kier alpha value is -0.160. The number of methoxy groups -OCH3 is 1. The number of hydrogen-bond acceptors (Lipinski definition) is 4. The molecule has 1 atom stereocenters. The second-order valence-electron chi connectivity index (χ2n) is 5.84. The summed E-state index contributed by atoms with van der Waals surface area (Å²) in [6, 6.07) is 0.812. The van der Waals surface area contributed by atoms with E-state index in [0.29, 0.717) is 0 Å². The zero-order valence-corrected chi connectivity index (χ0v) is 12.4. The third-order valence-corrected chi connectivity index (χ3v) is 4.49. The van der Waals surface area contributed by atoms with Gasteiger partial charge in [0.1, 0.15) is 0 Å². The minimum absolute atomic E-state index is 0.805. The third kappa shape index (κ3) is 5.38. The Balaban J connectivity index is 1.49. The highest BCUT2D eigenvalue weighted by molar-refractivity contribution is 4.85. The summed E-state index contributed by atoms with van der Waals surface area (Å²) in [5.41, 5.74) is 0. The summed E-state index contributed by atoms with van der Waals surface area (Å²) in [6.07, 6.45) is 6.50. The van der Waals surface area contributed by atoms with Crippen LogP contribution in [-0.4, -0.2) is 64.1 Å². The van der Waals surface area contributed by atoms with Gasteiger partial charge in [-0.1, -0.05) is 0 Å². The van der Waals surface area contributed by atoms with Gasteiger partial charge in [-0.25, -0.2) is 0 Å². The molecule has 0 aromatic carbocycles. The summed E-state index contributed by atoms with van der Waals surface area (Å²) in [4.78, 5) is 2.56. The Morgan fingerprint density at radius 3 is 2.63 bits per heavy atom. The maximum atomic E-state index is 5.63. The van der Waals surface area contributed by atoms with E-state index >= 15 is 0 Å². The standard InChI is InChI=1S/C15H30N2O2/c1-18-11-3-12-19-13-10-17-8-5-14(6-9-17)15-4-2-7-16-15/h14-16H,2-13H2,1H3. The average Bonchev–Trinajstić information content (AvgIpc) is 2.97. The zero-order chi connectivity index (χ0) is 13.3. The van der Waals surface area contributed by atoms with Crippen molar-refractivity contribution in [2.75, 3.05) is 53.1 Å². The Morgan fingerprint density at radius 1 is 1.11 bits per heavy atom. The maximum Gasteiger partial charge on any atom is 0.0593 e. The van der Waals surface area contributed by atoms with Crippen LogP contribution in [-0.2, 0) is 9.47 Å². The van der Waals surface area contributed by atoms with Gasteiger partial charge in [-0.05, 0) is 57.7 Å². The van der Waals surface area contributed by atoms with Crippen LogP contribution in [0.1, 0.15) is 32.1 Å². The van der Waals surface area contributed by atoms with Crippen molar-refractivity contribution in [3.8, 4) is 0 Å². The second-order valence-corrected chi connectivity index (χ2v) is 5.84. The van der Waals surface area contributed by atoms with Crippen molar-refractivity contribution in [3.05, 3.63) is 0 Å². The van der Waals surface area contributed by atoms with Gasteiger partial charge in [-0.15, -0.1) is 0 Å². The first-order valence-electron chi connectivity index (χ1n) is 7.92. The lowest BCUT2D eigenvalue weighted by Gasteiger charge is -2.34. The SMILES string of the molecule is COCCCOCCN1CCC(C2CCCN2)CC1. The van der Waals surface area contributed by atoms with E-state index in [-0.39, 0.29) is 0 Å². The number of nitrogens with zero attached hydrogens (tertiary/aromatic N) is 1. The van der Waals surface area contributed by atoms with Crippen LogP contribution in [0.3, 0.4) is 0 Å². The summed E-state index contributed by atoms with van der Waals surface area (Å²) >= 11 is 0. The summed E-state index contributed by atoms with van der Waals surface area (Å²) in [7, 11) is 1.74. The second kappa shape index (κ2) is 8.90. The van der Waals surface area contributed by atoms with Crippen molar-refractivity contribution >= 4 is 0 Å². The topological polar surface area (TPSA) is 33.7 Å². The van der Waals surface area contributed by atoms with Gasteiger partial charge in [0.25, 0.3) is 0 Å². The molecule has 1 unspecified atom stereocenters. The predicted octanol–water partition coefficient (Wildman–Crippen LogP) is 1.50. The highest BCUT2D eigenvalue weighted by Gasteiger charge is 2.27. The van der Waals surface area contributed by atoms with Crippen LogP contribution in [0.5, 0.6) is 0 Å². The molecule has 2 saturated heterocycles. The number of nitrogens with one attached hydrogen (secondary N) is 1. The van der Waals surface area contributed by atoms with Crippen LogP contribution < -0.4 is 5.32 Å². The lowest BCUT2D eigenvalue weighted by Crippen LogP contribution is -2.41. The Morgan fingerprint density at radius 2 is 1.95 bits per heavy atom. The zero-order valence-electron chi connectivity index (χ0n) is 12.4. The summed E-state index contributed by atoms with van der Waals surface area (Å²) in [6.45, 7) is 7.35. The first kappa shape index (κ1) is 15.2. The van der Waals surface area contributed by atoms with Crippen molar-refractivity contribution in [2.45, 2.75) is 38.1 Å². The fourth-order valence-electron chi connectivity index (χ4n) is 3.29.